The average molecular weight is 380 g/mol. The number of ether oxygens (including phenoxy) is 2. The van der Waals surface area contributed by atoms with Crippen LogP contribution < -0.4 is 10.5 Å². The Kier molecular flexibility index (Phi) is 5.34. The molecule has 144 valence electrons. The highest BCUT2D eigenvalue weighted by Crippen LogP contribution is 2.36. The number of benzene rings is 2. The minimum Gasteiger partial charge on any atom is -0.456 e. The topological polar surface area (TPSA) is 105 Å². The number of nitrogens with zero attached hydrogens (tertiary/aromatic N) is 1. The van der Waals surface area contributed by atoms with Crippen LogP contribution in [0.25, 0.3) is 0 Å². The van der Waals surface area contributed by atoms with Crippen molar-refractivity contribution < 1.29 is 28.0 Å². The highest BCUT2D eigenvalue weighted by atomic mass is 19.1. The number of carbonyl (C=O) groups excluding carboxylic acids is 1. The van der Waals surface area contributed by atoms with E-state index in [0.717, 1.165) is 24.3 Å². The molecule has 2 aromatic carbocycles. The molecule has 7 nitrogen and oxygen atoms in total. The molecule has 27 heavy (non-hydrogen) atoms. The Hall–Kier alpha value is -3.23. The highest BCUT2D eigenvalue weighted by molar-refractivity contribution is 5.96. The number of carbonyl (C=O) groups is 1. The van der Waals surface area contributed by atoms with Gasteiger partial charge in [0.05, 0.1) is 10.6 Å². The molecule has 2 aromatic rings. The summed E-state index contributed by atoms with van der Waals surface area (Å²) in [6, 6.07) is 4.10. The summed E-state index contributed by atoms with van der Waals surface area (Å²) in [4.78, 5) is 23.0. The van der Waals surface area contributed by atoms with E-state index in [2.05, 4.69) is 0 Å². The number of nitro benzene ring substituents is 1. The summed E-state index contributed by atoms with van der Waals surface area (Å²) in [5.74, 6) is -4.01. The number of hydrogen-bond acceptors (Lipinski definition) is 6. The molecule has 0 spiro atoms. The van der Waals surface area contributed by atoms with Crippen molar-refractivity contribution >= 4 is 17.3 Å². The smallest absolute Gasteiger partial charge is 0.346 e. The fourth-order valence-corrected chi connectivity index (χ4v) is 2.28. The van der Waals surface area contributed by atoms with Gasteiger partial charge < -0.3 is 15.2 Å². The van der Waals surface area contributed by atoms with Crippen molar-refractivity contribution in [2.45, 2.75) is 33.3 Å². The summed E-state index contributed by atoms with van der Waals surface area (Å²) in [5.41, 5.74) is 3.29. The molecule has 0 bridgehead atoms. The lowest BCUT2D eigenvalue weighted by molar-refractivity contribution is -0.385. The first-order chi connectivity index (χ1) is 12.4. The summed E-state index contributed by atoms with van der Waals surface area (Å²) in [6.45, 7) is 6.15. The molecule has 0 saturated carbocycles. The van der Waals surface area contributed by atoms with Gasteiger partial charge in [-0.3, -0.25) is 10.1 Å². The Bertz CT molecular complexity index is 923. The number of rotatable bonds is 4. The minimum absolute atomic E-state index is 0.000301. The summed E-state index contributed by atoms with van der Waals surface area (Å²) >= 11 is 0. The second-order valence-electron chi connectivity index (χ2n) is 6.72. The van der Waals surface area contributed by atoms with Crippen LogP contribution in [-0.2, 0) is 4.74 Å². The molecule has 0 aliphatic rings. The van der Waals surface area contributed by atoms with Gasteiger partial charge in [-0.05, 0) is 45.9 Å². The molecule has 0 unspecified atom stereocenters. The number of nitrogen functional groups attached to an aromatic ring is 1. The molecule has 0 atom stereocenters. The van der Waals surface area contributed by atoms with Crippen molar-refractivity contribution in [2.75, 3.05) is 5.73 Å². The van der Waals surface area contributed by atoms with Crippen molar-refractivity contribution in [3.63, 3.8) is 0 Å². The van der Waals surface area contributed by atoms with Gasteiger partial charge in [-0.2, -0.15) is 0 Å². The average Bonchev–Trinajstić information content (AvgIpc) is 2.54. The van der Waals surface area contributed by atoms with Crippen LogP contribution in [0.15, 0.2) is 24.3 Å². The summed E-state index contributed by atoms with van der Waals surface area (Å²) in [5, 5.41) is 11.3. The van der Waals surface area contributed by atoms with Gasteiger partial charge in [0.2, 0.25) is 5.75 Å². The Morgan fingerprint density at radius 1 is 1.19 bits per heavy atom. The van der Waals surface area contributed by atoms with Gasteiger partial charge in [-0.25, -0.2) is 13.6 Å². The molecule has 2 rings (SSSR count). The quantitative estimate of drug-likeness (QED) is 0.362. The predicted octanol–water partition coefficient (Wildman–Crippen LogP) is 4.51. The molecular formula is C18H18F2N2O5. The van der Waals surface area contributed by atoms with Crippen LogP contribution in [0.5, 0.6) is 11.5 Å². The second-order valence-corrected chi connectivity index (χ2v) is 6.72. The van der Waals surface area contributed by atoms with Crippen LogP contribution >= 0.6 is 0 Å². The minimum atomic E-state index is -1.12. The fraction of sp³-hybridized carbons (Fsp3) is 0.278. The maximum Gasteiger partial charge on any atom is 0.346 e. The number of hydrogen-bond donors (Lipinski definition) is 1. The summed E-state index contributed by atoms with van der Waals surface area (Å²) in [6.07, 6.45) is 0. The molecule has 0 aliphatic heterocycles. The van der Waals surface area contributed by atoms with Gasteiger partial charge in [-0.1, -0.05) is 0 Å². The van der Waals surface area contributed by atoms with E-state index in [1.807, 2.05) is 0 Å². The lowest BCUT2D eigenvalue weighted by atomic mass is 10.0. The third-order valence-electron chi connectivity index (χ3n) is 3.48. The van der Waals surface area contributed by atoms with E-state index in [9.17, 15) is 23.7 Å². The van der Waals surface area contributed by atoms with Crippen molar-refractivity contribution in [3.8, 4) is 11.5 Å². The second kappa shape index (κ2) is 7.18. The fourth-order valence-electron chi connectivity index (χ4n) is 2.28. The monoisotopic (exact) mass is 380 g/mol. The zero-order chi connectivity index (χ0) is 20.5. The Labute approximate surface area is 153 Å². The maximum atomic E-state index is 14.1. The van der Waals surface area contributed by atoms with Crippen LogP contribution in [0.4, 0.5) is 20.2 Å². The highest BCUT2D eigenvalue weighted by Gasteiger charge is 2.30. The molecule has 0 aromatic heterocycles. The molecule has 0 radical (unpaired) electrons. The lowest BCUT2D eigenvalue weighted by Crippen LogP contribution is -2.25. The first-order valence-corrected chi connectivity index (χ1v) is 7.85. The molecule has 0 heterocycles. The van der Waals surface area contributed by atoms with Crippen LogP contribution in [0.3, 0.4) is 0 Å². The van der Waals surface area contributed by atoms with E-state index < -0.39 is 39.6 Å². The Balaban J connectivity index is 2.58. The maximum absolute atomic E-state index is 14.1. The molecule has 0 amide bonds. The van der Waals surface area contributed by atoms with Gasteiger partial charge in [0.25, 0.3) is 5.69 Å². The van der Waals surface area contributed by atoms with E-state index in [4.69, 9.17) is 15.2 Å². The van der Waals surface area contributed by atoms with Crippen molar-refractivity contribution in [1.82, 2.24) is 0 Å². The zero-order valence-corrected chi connectivity index (χ0v) is 15.1. The third kappa shape index (κ3) is 4.30. The van der Waals surface area contributed by atoms with E-state index in [1.165, 1.54) is 6.92 Å². The third-order valence-corrected chi connectivity index (χ3v) is 3.48. The molecular weight excluding hydrogens is 362 g/mol. The number of anilines is 1. The molecule has 0 fully saturated rings. The first kappa shape index (κ1) is 20.1. The van der Waals surface area contributed by atoms with Crippen LogP contribution in [-0.4, -0.2) is 16.5 Å². The van der Waals surface area contributed by atoms with Gasteiger partial charge in [0.15, 0.2) is 11.6 Å². The summed E-state index contributed by atoms with van der Waals surface area (Å²) in [7, 11) is 0. The standard InChI is InChI=1S/C18H18F2N2O5/c1-9-13(26-16-10(19)5-6-11(21)15(16)20)8-7-12(22(24)25)14(9)17(23)27-18(2,3)4/h5-8H,21H2,1-4H3. The summed E-state index contributed by atoms with van der Waals surface area (Å²) < 4.78 is 38.4. The lowest BCUT2D eigenvalue weighted by Gasteiger charge is -2.20. The van der Waals surface area contributed by atoms with Crippen molar-refractivity contribution in [1.29, 1.82) is 0 Å². The van der Waals surface area contributed by atoms with Gasteiger partial charge in [0, 0.05) is 11.6 Å². The van der Waals surface area contributed by atoms with E-state index in [1.54, 1.807) is 20.8 Å². The molecule has 0 saturated heterocycles. The SMILES string of the molecule is Cc1c(Oc2c(F)ccc(N)c2F)ccc([N+](=O)[O-])c1C(=O)OC(C)(C)C. The van der Waals surface area contributed by atoms with Crippen LogP contribution in [0, 0.1) is 28.7 Å². The molecule has 0 aliphatic carbocycles. The number of halogens is 2. The Morgan fingerprint density at radius 2 is 1.81 bits per heavy atom. The van der Waals surface area contributed by atoms with Crippen LogP contribution in [0.2, 0.25) is 0 Å². The largest absolute Gasteiger partial charge is 0.456 e. The van der Waals surface area contributed by atoms with Crippen LogP contribution in [0.1, 0.15) is 36.7 Å². The normalized spacial score (nSPS) is 11.2. The molecule has 2 N–H and O–H groups in total. The van der Waals surface area contributed by atoms with Crippen molar-refractivity contribution in [3.05, 3.63) is 57.1 Å². The van der Waals surface area contributed by atoms with Gasteiger partial charge in [-0.15, -0.1) is 0 Å². The number of nitrogens with two attached hydrogens (primary N) is 1. The number of esters is 1. The van der Waals surface area contributed by atoms with E-state index >= 15 is 0 Å². The van der Waals surface area contributed by atoms with Gasteiger partial charge >= 0.3 is 5.97 Å². The van der Waals surface area contributed by atoms with Gasteiger partial charge in [0.1, 0.15) is 16.9 Å². The first-order valence-electron chi connectivity index (χ1n) is 7.85. The van der Waals surface area contributed by atoms with E-state index in [-0.39, 0.29) is 22.6 Å². The van der Waals surface area contributed by atoms with E-state index in [0.29, 0.717) is 0 Å². The zero-order valence-electron chi connectivity index (χ0n) is 15.1. The number of nitro groups is 1. The van der Waals surface area contributed by atoms with Crippen molar-refractivity contribution in [2.24, 2.45) is 0 Å². The Morgan fingerprint density at radius 3 is 2.37 bits per heavy atom. The predicted molar refractivity (Wildman–Crippen MR) is 93.8 cm³/mol. The molecule has 9 heteroatoms.